The van der Waals surface area contributed by atoms with Crippen LogP contribution in [0.3, 0.4) is 0 Å². The first-order valence-corrected chi connectivity index (χ1v) is 25.7. The van der Waals surface area contributed by atoms with Crippen LogP contribution in [0, 0.1) is 11.8 Å². The molecule has 2 heterocycles. The molecule has 2 aliphatic heterocycles. The minimum atomic E-state index is -1.20. The largest absolute Gasteiger partial charge is 0.465 e. The average molecular weight is 889 g/mol. The van der Waals surface area contributed by atoms with Crippen LogP contribution in [0.25, 0.3) is 0 Å². The van der Waals surface area contributed by atoms with Gasteiger partial charge >= 0.3 is 23.9 Å². The van der Waals surface area contributed by atoms with Gasteiger partial charge < -0.3 is 18.9 Å². The van der Waals surface area contributed by atoms with E-state index in [1.165, 1.54) is 25.7 Å². The van der Waals surface area contributed by atoms with Crippen LogP contribution in [0.15, 0.2) is 60.7 Å². The van der Waals surface area contributed by atoms with E-state index in [1.54, 1.807) is 0 Å². The molecule has 2 aromatic carbocycles. The molecular weight excluding hydrogens is 805 g/mol. The minimum Gasteiger partial charge on any atom is -0.465 e. The number of ether oxygens (including phenoxy) is 4. The maximum absolute atomic E-state index is 14.9. The van der Waals surface area contributed by atoms with Crippen LogP contribution in [0.1, 0.15) is 205 Å². The van der Waals surface area contributed by atoms with Crippen molar-refractivity contribution in [1.29, 1.82) is 0 Å². The summed E-state index contributed by atoms with van der Waals surface area (Å²) in [4.78, 5) is 59.5. The molecule has 0 N–H and O–H groups in total. The molecule has 64 heavy (non-hydrogen) atoms. The van der Waals surface area contributed by atoms with Crippen molar-refractivity contribution in [2.45, 2.75) is 206 Å². The van der Waals surface area contributed by atoms with Crippen molar-refractivity contribution in [1.82, 2.24) is 10.0 Å². The normalized spacial score (nSPS) is 20.8. The Kier molecular flexibility index (Phi) is 25.8. The van der Waals surface area contributed by atoms with Gasteiger partial charge in [-0.3, -0.25) is 19.2 Å². The highest BCUT2D eigenvalue weighted by Crippen LogP contribution is 2.56. The number of nitrogens with zero attached hydrogens (tertiary/aromatic N) is 2. The number of hydrogen-bond donors (Lipinski definition) is 0. The van der Waals surface area contributed by atoms with E-state index in [0.717, 1.165) is 114 Å². The van der Waals surface area contributed by atoms with Gasteiger partial charge in [-0.05, 0) is 36.8 Å². The summed E-state index contributed by atoms with van der Waals surface area (Å²) in [7, 11) is 0. The van der Waals surface area contributed by atoms with Crippen molar-refractivity contribution in [2.75, 3.05) is 26.4 Å². The van der Waals surface area contributed by atoms with Gasteiger partial charge in [0.05, 0.1) is 38.5 Å². The molecule has 0 bridgehead atoms. The Morgan fingerprint density at radius 3 is 0.891 bits per heavy atom. The van der Waals surface area contributed by atoms with Gasteiger partial charge in [0.25, 0.3) is 0 Å². The summed E-state index contributed by atoms with van der Waals surface area (Å²) in [5, 5.41) is 3.64. The van der Waals surface area contributed by atoms with Crippen LogP contribution < -0.4 is 0 Å². The summed E-state index contributed by atoms with van der Waals surface area (Å²) >= 11 is 0. The maximum Gasteiger partial charge on any atom is 0.325 e. The van der Waals surface area contributed by atoms with Crippen molar-refractivity contribution in [3.63, 3.8) is 0 Å². The molecule has 2 saturated heterocycles. The van der Waals surface area contributed by atoms with Crippen LogP contribution in [-0.2, 0) is 38.1 Å². The van der Waals surface area contributed by atoms with Crippen molar-refractivity contribution in [3.8, 4) is 0 Å². The smallest absolute Gasteiger partial charge is 0.325 e. The third-order valence-corrected chi connectivity index (χ3v) is 13.0. The molecule has 0 radical (unpaired) electrons. The fourth-order valence-electron chi connectivity index (χ4n) is 9.55. The standard InChI is InChI=1S/C54H84N2O8/c1-5-9-13-17-21-31-39-61-51(57)45-47(43-35-27-25-28-36-43)55-50(54(60)64-42-34-24-20-16-12-8-4)46(52(58)62-40-32-22-18-14-10-6-2)48(44-37-29-26-30-38-44)56(55)49(45)53(59)63-41-33-23-19-15-11-7-3/h25-30,35-38,45-50H,5-24,31-34,39-42H2,1-4H3/t45-,46-,47+,48+,49+,50+/m0/s1. The first-order chi connectivity index (χ1) is 31.4. The summed E-state index contributed by atoms with van der Waals surface area (Å²) in [5.74, 6) is -4.32. The molecule has 2 aliphatic rings. The number of hydrogen-bond acceptors (Lipinski definition) is 10. The summed E-state index contributed by atoms with van der Waals surface area (Å²) in [6.07, 6.45) is 24.6. The number of hydrazine groups is 1. The lowest BCUT2D eigenvalue weighted by Gasteiger charge is -2.32. The van der Waals surface area contributed by atoms with Gasteiger partial charge in [-0.1, -0.05) is 217 Å². The second-order valence-corrected chi connectivity index (χ2v) is 18.2. The second-order valence-electron chi connectivity index (χ2n) is 18.2. The highest BCUT2D eigenvalue weighted by atomic mass is 16.6. The predicted molar refractivity (Wildman–Crippen MR) is 254 cm³/mol. The topological polar surface area (TPSA) is 112 Å². The molecule has 6 atom stereocenters. The maximum atomic E-state index is 14.9. The van der Waals surface area contributed by atoms with E-state index in [1.807, 2.05) is 70.7 Å². The van der Waals surface area contributed by atoms with Crippen LogP contribution in [0.2, 0.25) is 0 Å². The molecule has 0 aliphatic carbocycles. The van der Waals surface area contributed by atoms with Crippen LogP contribution in [0.4, 0.5) is 0 Å². The van der Waals surface area contributed by atoms with E-state index in [9.17, 15) is 19.2 Å². The molecule has 10 nitrogen and oxygen atoms in total. The molecule has 10 heteroatoms. The average Bonchev–Trinajstić information content (AvgIpc) is 3.84. The predicted octanol–water partition coefficient (Wildman–Crippen LogP) is 12.6. The van der Waals surface area contributed by atoms with E-state index in [2.05, 4.69) is 27.7 Å². The Morgan fingerprint density at radius 2 is 0.609 bits per heavy atom. The van der Waals surface area contributed by atoms with E-state index in [4.69, 9.17) is 18.9 Å². The third kappa shape index (κ3) is 16.3. The Hall–Kier alpha value is -3.76. The SMILES string of the molecule is CCCCCCCCOC(=O)[C@H]1[C@@H](c2ccccc2)N2[C@@H](C(=O)OCCCCCCCC)[C@@H](C(=O)OCCCCCCCC)[C@@H](c3ccccc3)N2[C@H]1C(=O)OCCCCCCCC. The number of esters is 4. The summed E-state index contributed by atoms with van der Waals surface area (Å²) in [6, 6.07) is 15.0. The zero-order valence-corrected chi connectivity index (χ0v) is 40.2. The zero-order chi connectivity index (χ0) is 45.8. The first kappa shape index (κ1) is 52.9. The van der Waals surface area contributed by atoms with Crippen molar-refractivity contribution in [3.05, 3.63) is 71.8 Å². The third-order valence-electron chi connectivity index (χ3n) is 13.0. The van der Waals surface area contributed by atoms with Crippen molar-refractivity contribution >= 4 is 23.9 Å². The summed E-state index contributed by atoms with van der Waals surface area (Å²) in [6.45, 7) is 9.60. The number of carbonyl (C=O) groups is 4. The highest BCUT2D eigenvalue weighted by Gasteiger charge is 2.69. The van der Waals surface area contributed by atoms with Gasteiger partial charge in [-0.25, -0.2) is 10.0 Å². The zero-order valence-electron chi connectivity index (χ0n) is 40.2. The van der Waals surface area contributed by atoms with Crippen LogP contribution in [0.5, 0.6) is 0 Å². The number of rotatable bonds is 34. The molecular formula is C54H84N2O8. The minimum absolute atomic E-state index is 0.203. The Bertz CT molecular complexity index is 1470. The van der Waals surface area contributed by atoms with Gasteiger partial charge in [0.2, 0.25) is 0 Å². The van der Waals surface area contributed by atoms with Crippen molar-refractivity contribution < 1.29 is 38.1 Å². The van der Waals surface area contributed by atoms with Crippen LogP contribution in [-0.4, -0.2) is 72.4 Å². The summed E-state index contributed by atoms with van der Waals surface area (Å²) in [5.41, 5.74) is 1.45. The fraction of sp³-hybridized carbons (Fsp3) is 0.704. The second kappa shape index (κ2) is 31.2. The Morgan fingerprint density at radius 1 is 0.359 bits per heavy atom. The summed E-state index contributed by atoms with van der Waals surface area (Å²) < 4.78 is 24.6. The number of fused-ring (bicyclic) bond motifs is 1. The Labute approximate surface area is 386 Å². The lowest BCUT2D eigenvalue weighted by atomic mass is 9.82. The molecule has 0 unspecified atom stereocenters. The van der Waals surface area contributed by atoms with E-state index in [-0.39, 0.29) is 26.4 Å². The molecule has 2 fully saturated rings. The number of benzene rings is 2. The quantitative estimate of drug-likeness (QED) is 0.0382. The van der Waals surface area contributed by atoms with Gasteiger partial charge in [0.1, 0.15) is 23.9 Å². The van der Waals surface area contributed by atoms with E-state index in [0.29, 0.717) is 25.7 Å². The monoisotopic (exact) mass is 889 g/mol. The Balaban J connectivity index is 1.78. The van der Waals surface area contributed by atoms with Gasteiger partial charge in [0.15, 0.2) is 0 Å². The number of carbonyl (C=O) groups excluding carboxylic acids is 4. The van der Waals surface area contributed by atoms with Crippen molar-refractivity contribution in [2.24, 2.45) is 11.8 Å². The lowest BCUT2D eigenvalue weighted by Crippen LogP contribution is -2.47. The molecule has 0 amide bonds. The fourth-order valence-corrected chi connectivity index (χ4v) is 9.55. The van der Waals surface area contributed by atoms with Gasteiger partial charge in [-0.2, -0.15) is 0 Å². The van der Waals surface area contributed by atoms with Gasteiger partial charge in [0, 0.05) is 0 Å². The molecule has 0 saturated carbocycles. The van der Waals surface area contributed by atoms with E-state index >= 15 is 0 Å². The molecule has 0 spiro atoms. The molecule has 358 valence electrons. The van der Waals surface area contributed by atoms with E-state index < -0.39 is 59.9 Å². The molecule has 0 aromatic heterocycles. The molecule has 4 rings (SSSR count). The first-order valence-electron chi connectivity index (χ1n) is 25.7. The molecule has 2 aromatic rings. The van der Waals surface area contributed by atoms with Gasteiger partial charge in [-0.15, -0.1) is 0 Å². The lowest BCUT2D eigenvalue weighted by molar-refractivity contribution is -0.163. The highest BCUT2D eigenvalue weighted by molar-refractivity contribution is 5.90. The van der Waals surface area contributed by atoms with Crippen LogP contribution >= 0.6 is 0 Å². The number of unbranched alkanes of at least 4 members (excludes halogenated alkanes) is 20.